The monoisotopic (exact) mass is 253 g/mol. The lowest BCUT2D eigenvalue weighted by Crippen LogP contribution is -2.43. The summed E-state index contributed by atoms with van der Waals surface area (Å²) in [6.07, 6.45) is 0. The van der Waals surface area contributed by atoms with Crippen LogP contribution in [0.1, 0.15) is 11.0 Å². The molecule has 1 aromatic heterocycles. The first-order valence-electron chi connectivity index (χ1n) is 9.01. The van der Waals surface area contributed by atoms with Crippen molar-refractivity contribution >= 4 is 16.5 Å². The van der Waals surface area contributed by atoms with Crippen LogP contribution >= 0.6 is 11.3 Å². The summed E-state index contributed by atoms with van der Waals surface area (Å²) in [6.45, 7) is -11.4. The number of nitrogens with one attached hydrogen (secondary N) is 1. The minimum Gasteiger partial charge on any atom is -0.346 e. The molecule has 0 atom stereocenters. The summed E-state index contributed by atoms with van der Waals surface area (Å²) in [6, 6.07) is 9.01. The second-order valence-electron chi connectivity index (χ2n) is 3.32. The third-order valence-corrected chi connectivity index (χ3v) is 3.04. The Hall–Kier alpha value is -1.39. The molecule has 0 unspecified atom stereocenters. The molecule has 0 radical (unpaired) electrons. The van der Waals surface area contributed by atoms with Crippen LogP contribution in [-0.2, 0) is 0 Å². The van der Waals surface area contributed by atoms with Gasteiger partial charge in [-0.25, -0.2) is 4.98 Å². The molecule has 2 heterocycles. The Morgan fingerprint density at radius 2 is 2.00 bits per heavy atom. The normalized spacial score (nSPS) is 34.9. The molecular weight excluding hydrogens is 230 g/mol. The molecule has 17 heavy (non-hydrogen) atoms. The molecule has 88 valence electrons. The highest BCUT2D eigenvalue weighted by Gasteiger charge is 2.14. The standard InChI is InChI=1S/C13H15N3S/c1-2-4-11(5-3-1)12-10-17-13(15-12)16-8-6-14-7-9-16/h1-5,10,14H,6-9H2/i6D2,7D2,8D2,9D2. The molecule has 0 aliphatic carbocycles. The van der Waals surface area contributed by atoms with Gasteiger partial charge in [0.1, 0.15) is 0 Å². The lowest BCUT2D eigenvalue weighted by molar-refractivity contribution is 0.588. The van der Waals surface area contributed by atoms with Crippen molar-refractivity contribution in [2.24, 2.45) is 0 Å². The van der Waals surface area contributed by atoms with Crippen molar-refractivity contribution in [3.63, 3.8) is 0 Å². The lowest BCUT2D eigenvalue weighted by atomic mass is 10.2. The molecule has 3 rings (SSSR count). The Morgan fingerprint density at radius 3 is 2.76 bits per heavy atom. The maximum Gasteiger partial charge on any atom is 0.185 e. The van der Waals surface area contributed by atoms with Gasteiger partial charge in [0.15, 0.2) is 5.13 Å². The number of aromatic nitrogens is 1. The first-order chi connectivity index (χ1) is 11.4. The van der Waals surface area contributed by atoms with Crippen LogP contribution in [0.4, 0.5) is 5.13 Å². The molecule has 0 spiro atoms. The highest BCUT2D eigenvalue weighted by atomic mass is 32.1. The largest absolute Gasteiger partial charge is 0.346 e. The molecule has 0 amide bonds. The highest BCUT2D eigenvalue weighted by Crippen LogP contribution is 2.27. The predicted octanol–water partition coefficient (Wildman–Crippen LogP) is 2.22. The molecule has 0 saturated carbocycles. The van der Waals surface area contributed by atoms with Gasteiger partial charge in [-0.05, 0) is 0 Å². The molecular formula is C13H15N3S. The van der Waals surface area contributed by atoms with Crippen LogP contribution < -0.4 is 10.2 Å². The van der Waals surface area contributed by atoms with Gasteiger partial charge >= 0.3 is 0 Å². The minimum atomic E-state index is -2.87. The number of nitrogens with zero attached hydrogens (tertiary/aromatic N) is 2. The zero-order valence-electron chi connectivity index (χ0n) is 16.8. The van der Waals surface area contributed by atoms with Gasteiger partial charge in [-0.3, -0.25) is 0 Å². The average molecular weight is 253 g/mol. The van der Waals surface area contributed by atoms with Crippen LogP contribution in [0.25, 0.3) is 11.3 Å². The number of benzene rings is 1. The van der Waals surface area contributed by atoms with Crippen LogP contribution in [0, 0.1) is 0 Å². The van der Waals surface area contributed by atoms with E-state index in [-0.39, 0.29) is 5.13 Å². The molecule has 3 nitrogen and oxygen atoms in total. The van der Waals surface area contributed by atoms with E-state index in [1.165, 1.54) is 0 Å². The SMILES string of the molecule is [2H]C1([2H])NC([2H])([2H])C([2H])([2H])N(c2nc(-c3ccccc3)cs2)C1([2H])[2H]. The second kappa shape index (κ2) is 4.85. The van der Waals surface area contributed by atoms with E-state index in [9.17, 15) is 0 Å². The summed E-state index contributed by atoms with van der Waals surface area (Å²) < 4.78 is 63.6. The molecule has 1 saturated heterocycles. The van der Waals surface area contributed by atoms with Crippen LogP contribution in [0.15, 0.2) is 35.7 Å². The van der Waals surface area contributed by atoms with Crippen molar-refractivity contribution in [3.8, 4) is 11.3 Å². The molecule has 1 aliphatic rings. The van der Waals surface area contributed by atoms with Crippen molar-refractivity contribution in [1.29, 1.82) is 0 Å². The number of piperazine rings is 1. The highest BCUT2D eigenvalue weighted by molar-refractivity contribution is 7.14. The zero-order chi connectivity index (χ0) is 18.7. The summed E-state index contributed by atoms with van der Waals surface area (Å²) in [4.78, 5) is 4.68. The molecule has 0 bridgehead atoms. The fourth-order valence-corrected chi connectivity index (χ4v) is 2.18. The molecule has 1 aromatic carbocycles. The summed E-state index contributed by atoms with van der Waals surface area (Å²) >= 11 is 0.931. The summed E-state index contributed by atoms with van der Waals surface area (Å²) in [5, 5.41) is 3.27. The van der Waals surface area contributed by atoms with Gasteiger partial charge in [0, 0.05) is 42.4 Å². The van der Waals surface area contributed by atoms with E-state index >= 15 is 0 Å². The first kappa shape index (κ1) is 5.08. The van der Waals surface area contributed by atoms with Gasteiger partial charge in [0.2, 0.25) is 0 Å². The first-order valence-corrected chi connectivity index (χ1v) is 5.89. The van der Waals surface area contributed by atoms with Crippen molar-refractivity contribution in [2.75, 3.05) is 30.9 Å². The van der Waals surface area contributed by atoms with Crippen LogP contribution in [0.3, 0.4) is 0 Å². The quantitative estimate of drug-likeness (QED) is 0.889. The number of rotatable bonds is 2. The van der Waals surface area contributed by atoms with Gasteiger partial charge in [0.05, 0.1) is 11.2 Å². The third-order valence-electron chi connectivity index (χ3n) is 2.21. The smallest absolute Gasteiger partial charge is 0.185 e. The maximum atomic E-state index is 8.08. The number of thiazole rings is 1. The van der Waals surface area contributed by atoms with Gasteiger partial charge in [-0.15, -0.1) is 11.3 Å². The maximum absolute atomic E-state index is 8.08. The fourth-order valence-electron chi connectivity index (χ4n) is 1.43. The summed E-state index contributed by atoms with van der Waals surface area (Å²) in [5.41, 5.74) is 1.22. The van der Waals surface area contributed by atoms with E-state index in [1.807, 2.05) is 6.07 Å². The number of hydrogen-bond donors (Lipinski definition) is 1. The van der Waals surface area contributed by atoms with Crippen molar-refractivity contribution in [2.45, 2.75) is 0 Å². The Kier molecular flexibility index (Phi) is 1.45. The Bertz CT molecular complexity index is 751. The Labute approximate surface area is 116 Å². The van der Waals surface area contributed by atoms with Gasteiger partial charge < -0.3 is 10.2 Å². The Balaban J connectivity index is 2.11. The van der Waals surface area contributed by atoms with E-state index in [2.05, 4.69) is 4.98 Å². The van der Waals surface area contributed by atoms with E-state index in [0.717, 1.165) is 16.9 Å². The van der Waals surface area contributed by atoms with Crippen molar-refractivity contribution in [1.82, 2.24) is 10.3 Å². The zero-order valence-corrected chi connectivity index (χ0v) is 9.58. The van der Waals surface area contributed by atoms with Crippen molar-refractivity contribution in [3.05, 3.63) is 35.7 Å². The lowest BCUT2D eigenvalue weighted by Gasteiger charge is -2.26. The summed E-state index contributed by atoms with van der Waals surface area (Å²) in [7, 11) is 0. The van der Waals surface area contributed by atoms with Crippen LogP contribution in [0.5, 0.6) is 0 Å². The molecule has 1 fully saturated rings. The van der Waals surface area contributed by atoms with Gasteiger partial charge in [-0.2, -0.15) is 0 Å². The molecule has 1 aliphatic heterocycles. The number of anilines is 1. The topological polar surface area (TPSA) is 28.2 Å². The van der Waals surface area contributed by atoms with E-state index < -0.39 is 26.0 Å². The predicted molar refractivity (Wildman–Crippen MR) is 72.6 cm³/mol. The minimum absolute atomic E-state index is 0.136. The fraction of sp³-hybridized carbons (Fsp3) is 0.308. The van der Waals surface area contributed by atoms with E-state index in [4.69, 9.17) is 11.0 Å². The van der Waals surface area contributed by atoms with Gasteiger partial charge in [-0.1, -0.05) is 30.3 Å². The second-order valence-corrected chi connectivity index (χ2v) is 4.15. The Morgan fingerprint density at radius 1 is 1.24 bits per heavy atom. The third kappa shape index (κ3) is 2.33. The van der Waals surface area contributed by atoms with Crippen molar-refractivity contribution < 1.29 is 11.0 Å². The molecule has 2 aromatic rings. The van der Waals surface area contributed by atoms with Gasteiger partial charge in [0.25, 0.3) is 0 Å². The number of hydrogen-bond acceptors (Lipinski definition) is 4. The van der Waals surface area contributed by atoms with E-state index in [1.54, 1.807) is 35.0 Å². The molecule has 4 heteroatoms. The summed E-state index contributed by atoms with van der Waals surface area (Å²) in [5.74, 6) is 0. The van der Waals surface area contributed by atoms with Crippen LogP contribution in [-0.4, -0.2) is 31.0 Å². The van der Waals surface area contributed by atoms with E-state index in [0.29, 0.717) is 10.6 Å². The average Bonchev–Trinajstić information content (AvgIpc) is 2.94. The molecule has 1 N–H and O–H groups in total. The van der Waals surface area contributed by atoms with Crippen LogP contribution in [0.2, 0.25) is 0 Å².